The van der Waals surface area contributed by atoms with E-state index in [4.69, 9.17) is 23.2 Å². The van der Waals surface area contributed by atoms with Crippen LogP contribution in [0.15, 0.2) is 47.4 Å². The van der Waals surface area contributed by atoms with Gasteiger partial charge in [0, 0.05) is 22.1 Å². The van der Waals surface area contributed by atoms with E-state index in [1.807, 2.05) is 0 Å². The van der Waals surface area contributed by atoms with Crippen molar-refractivity contribution in [1.29, 1.82) is 0 Å². The number of hydrogen-bond acceptors (Lipinski definition) is 2. The van der Waals surface area contributed by atoms with Gasteiger partial charge in [-0.05, 0) is 30.3 Å². The lowest BCUT2D eigenvalue weighted by molar-refractivity contribution is -0.115. The summed E-state index contributed by atoms with van der Waals surface area (Å²) in [7, 11) is 0. The Labute approximate surface area is 136 Å². The van der Waals surface area contributed by atoms with Crippen LogP contribution in [0, 0.1) is 5.82 Å². The molecule has 2 rings (SSSR count). The summed E-state index contributed by atoms with van der Waals surface area (Å²) in [6.45, 7) is 0. The van der Waals surface area contributed by atoms with Crippen LogP contribution < -0.4 is 5.32 Å². The molecule has 0 saturated carbocycles. The van der Waals surface area contributed by atoms with E-state index in [2.05, 4.69) is 5.32 Å². The largest absolute Gasteiger partial charge is 0.325 e. The second-order valence-electron chi connectivity index (χ2n) is 4.20. The molecule has 0 aliphatic carbocycles. The van der Waals surface area contributed by atoms with Crippen LogP contribution in [0.1, 0.15) is 6.42 Å². The highest BCUT2D eigenvalue weighted by atomic mass is 35.5. The number of carbonyl (C=O) groups excluding carboxylic acids is 1. The van der Waals surface area contributed by atoms with Crippen LogP contribution >= 0.6 is 35.0 Å². The molecule has 0 saturated heterocycles. The fourth-order valence-electron chi connectivity index (χ4n) is 1.62. The van der Waals surface area contributed by atoms with Gasteiger partial charge in [0.15, 0.2) is 0 Å². The highest BCUT2D eigenvalue weighted by Crippen LogP contribution is 2.26. The zero-order valence-corrected chi connectivity index (χ0v) is 13.2. The Bertz CT molecular complexity index is 651. The molecule has 0 aliphatic heterocycles. The van der Waals surface area contributed by atoms with Crippen molar-refractivity contribution in [2.24, 2.45) is 0 Å². The predicted octanol–water partition coefficient (Wildman–Crippen LogP) is 5.25. The number of amides is 1. The topological polar surface area (TPSA) is 29.1 Å². The zero-order chi connectivity index (χ0) is 15.2. The third kappa shape index (κ3) is 4.92. The van der Waals surface area contributed by atoms with Crippen LogP contribution in [0.3, 0.4) is 0 Å². The minimum absolute atomic E-state index is 0.192. The SMILES string of the molecule is O=C(CCSc1ccccc1F)Nc1cc(Cl)ccc1Cl. The van der Waals surface area contributed by atoms with Crippen molar-refractivity contribution in [3.8, 4) is 0 Å². The molecule has 0 heterocycles. The first-order valence-corrected chi connectivity index (χ1v) is 7.92. The summed E-state index contributed by atoms with van der Waals surface area (Å²) in [4.78, 5) is 12.4. The number of rotatable bonds is 5. The Morgan fingerprint density at radius 3 is 2.71 bits per heavy atom. The van der Waals surface area contributed by atoms with Crippen molar-refractivity contribution in [1.82, 2.24) is 0 Å². The Kier molecular flexibility index (Phi) is 5.91. The number of thioether (sulfide) groups is 1. The van der Waals surface area contributed by atoms with E-state index in [-0.39, 0.29) is 18.1 Å². The maximum Gasteiger partial charge on any atom is 0.225 e. The Morgan fingerprint density at radius 2 is 1.95 bits per heavy atom. The molecule has 0 aromatic heterocycles. The first kappa shape index (κ1) is 16.1. The van der Waals surface area contributed by atoms with Gasteiger partial charge in [-0.1, -0.05) is 35.3 Å². The first-order chi connectivity index (χ1) is 10.1. The van der Waals surface area contributed by atoms with E-state index in [0.29, 0.717) is 26.4 Å². The van der Waals surface area contributed by atoms with Gasteiger partial charge in [-0.2, -0.15) is 0 Å². The lowest BCUT2D eigenvalue weighted by Gasteiger charge is -2.08. The standard InChI is InChI=1S/C15H12Cl2FNOS/c16-10-5-6-11(17)13(9-10)19-15(20)7-8-21-14-4-2-1-3-12(14)18/h1-6,9H,7-8H2,(H,19,20). The van der Waals surface area contributed by atoms with Crippen LogP contribution in [0.5, 0.6) is 0 Å². The molecule has 21 heavy (non-hydrogen) atoms. The van der Waals surface area contributed by atoms with Crippen LogP contribution in [-0.2, 0) is 4.79 Å². The minimum Gasteiger partial charge on any atom is -0.325 e. The second kappa shape index (κ2) is 7.69. The summed E-state index contributed by atoms with van der Waals surface area (Å²) >= 11 is 13.1. The monoisotopic (exact) mass is 343 g/mol. The van der Waals surface area contributed by atoms with E-state index in [0.717, 1.165) is 0 Å². The maximum atomic E-state index is 13.4. The van der Waals surface area contributed by atoms with E-state index in [9.17, 15) is 9.18 Å². The quantitative estimate of drug-likeness (QED) is 0.750. The van der Waals surface area contributed by atoms with Gasteiger partial charge in [0.05, 0.1) is 10.7 Å². The number of benzene rings is 2. The third-order valence-corrected chi connectivity index (χ3v) is 4.24. The molecule has 6 heteroatoms. The molecular weight excluding hydrogens is 332 g/mol. The summed E-state index contributed by atoms with van der Waals surface area (Å²) in [5.74, 6) is 0.00843. The molecule has 110 valence electrons. The molecule has 0 atom stereocenters. The van der Waals surface area contributed by atoms with Crippen molar-refractivity contribution < 1.29 is 9.18 Å². The fraction of sp³-hybridized carbons (Fsp3) is 0.133. The molecule has 2 nitrogen and oxygen atoms in total. The van der Waals surface area contributed by atoms with Gasteiger partial charge in [0.25, 0.3) is 0 Å². The summed E-state index contributed by atoms with van der Waals surface area (Å²) in [5.41, 5.74) is 0.477. The molecule has 2 aromatic rings. The van der Waals surface area contributed by atoms with Crippen molar-refractivity contribution in [2.75, 3.05) is 11.1 Å². The Balaban J connectivity index is 1.85. The Morgan fingerprint density at radius 1 is 1.19 bits per heavy atom. The van der Waals surface area contributed by atoms with Crippen molar-refractivity contribution in [2.45, 2.75) is 11.3 Å². The van der Waals surface area contributed by atoms with Crippen molar-refractivity contribution in [3.05, 3.63) is 58.3 Å². The number of hydrogen-bond donors (Lipinski definition) is 1. The number of nitrogens with one attached hydrogen (secondary N) is 1. The third-order valence-electron chi connectivity index (χ3n) is 2.63. The van der Waals surface area contributed by atoms with Gasteiger partial charge in [-0.3, -0.25) is 4.79 Å². The molecule has 1 N–H and O–H groups in total. The van der Waals surface area contributed by atoms with Gasteiger partial charge in [0.2, 0.25) is 5.91 Å². The predicted molar refractivity (Wildman–Crippen MR) is 86.8 cm³/mol. The van der Waals surface area contributed by atoms with Crippen LogP contribution in [0.4, 0.5) is 10.1 Å². The van der Waals surface area contributed by atoms with Crippen LogP contribution in [0.2, 0.25) is 10.0 Å². The maximum absolute atomic E-state index is 13.4. The fourth-order valence-corrected chi connectivity index (χ4v) is 2.85. The van der Waals surface area contributed by atoms with E-state index < -0.39 is 0 Å². The molecule has 0 radical (unpaired) electrons. The highest BCUT2D eigenvalue weighted by molar-refractivity contribution is 7.99. The number of halogens is 3. The summed E-state index contributed by atoms with van der Waals surface area (Å²) in [6, 6.07) is 11.3. The first-order valence-electron chi connectivity index (χ1n) is 6.18. The van der Waals surface area contributed by atoms with E-state index in [1.54, 1.807) is 36.4 Å². The van der Waals surface area contributed by atoms with Gasteiger partial charge >= 0.3 is 0 Å². The van der Waals surface area contributed by atoms with Gasteiger partial charge in [0.1, 0.15) is 5.82 Å². The smallest absolute Gasteiger partial charge is 0.225 e. The van der Waals surface area contributed by atoms with Gasteiger partial charge < -0.3 is 5.32 Å². The lowest BCUT2D eigenvalue weighted by atomic mass is 10.3. The summed E-state index contributed by atoms with van der Waals surface area (Å²) in [5, 5.41) is 3.61. The summed E-state index contributed by atoms with van der Waals surface area (Å²) in [6.07, 6.45) is 0.252. The van der Waals surface area contributed by atoms with E-state index in [1.165, 1.54) is 17.8 Å². The summed E-state index contributed by atoms with van der Waals surface area (Å²) < 4.78 is 13.4. The molecule has 0 unspecified atom stereocenters. The molecule has 0 bridgehead atoms. The van der Waals surface area contributed by atoms with Crippen molar-refractivity contribution in [3.63, 3.8) is 0 Å². The van der Waals surface area contributed by atoms with Crippen molar-refractivity contribution >= 4 is 46.6 Å². The molecular formula is C15H12Cl2FNOS. The lowest BCUT2D eigenvalue weighted by Crippen LogP contribution is -2.12. The normalized spacial score (nSPS) is 10.4. The van der Waals surface area contributed by atoms with Gasteiger partial charge in [-0.25, -0.2) is 4.39 Å². The number of carbonyl (C=O) groups is 1. The molecule has 0 aliphatic rings. The second-order valence-corrected chi connectivity index (χ2v) is 6.18. The van der Waals surface area contributed by atoms with Crippen LogP contribution in [0.25, 0.3) is 0 Å². The molecule has 2 aromatic carbocycles. The van der Waals surface area contributed by atoms with E-state index >= 15 is 0 Å². The highest BCUT2D eigenvalue weighted by Gasteiger charge is 2.08. The number of anilines is 1. The average Bonchev–Trinajstić information content (AvgIpc) is 2.45. The molecule has 0 spiro atoms. The molecule has 0 fully saturated rings. The Hall–Kier alpha value is -1.23. The van der Waals surface area contributed by atoms with Gasteiger partial charge in [-0.15, -0.1) is 11.8 Å². The average molecular weight is 344 g/mol. The zero-order valence-electron chi connectivity index (χ0n) is 10.9. The molecule has 1 amide bonds. The minimum atomic E-state index is -0.277. The van der Waals surface area contributed by atoms with Crippen LogP contribution in [-0.4, -0.2) is 11.7 Å².